The van der Waals surface area contributed by atoms with E-state index in [1.54, 1.807) is 24.4 Å². The van der Waals surface area contributed by atoms with Crippen molar-refractivity contribution in [2.24, 2.45) is 5.73 Å². The van der Waals surface area contributed by atoms with Crippen molar-refractivity contribution in [2.75, 3.05) is 6.54 Å². The highest BCUT2D eigenvalue weighted by Crippen LogP contribution is 2.31. The Bertz CT molecular complexity index is 1150. The van der Waals surface area contributed by atoms with Gasteiger partial charge in [-0.15, -0.1) is 0 Å². The van der Waals surface area contributed by atoms with E-state index in [4.69, 9.17) is 5.73 Å². The Morgan fingerprint density at radius 3 is 2.50 bits per heavy atom. The number of amides is 1. The van der Waals surface area contributed by atoms with Gasteiger partial charge < -0.3 is 5.73 Å². The van der Waals surface area contributed by atoms with Crippen LogP contribution in [0.2, 0.25) is 0 Å². The molecule has 0 aliphatic carbocycles. The molecule has 0 unspecified atom stereocenters. The topological polar surface area (TPSA) is 106 Å². The second-order valence-electron chi connectivity index (χ2n) is 6.48. The van der Waals surface area contributed by atoms with Crippen LogP contribution in [0.3, 0.4) is 0 Å². The van der Waals surface area contributed by atoms with Gasteiger partial charge in [-0.05, 0) is 23.6 Å². The maximum Gasteiger partial charge on any atom is 0.286 e. The van der Waals surface area contributed by atoms with Gasteiger partial charge in [0, 0.05) is 18.3 Å². The summed E-state index contributed by atoms with van der Waals surface area (Å²) in [6.07, 6.45) is 2.02. The van der Waals surface area contributed by atoms with Gasteiger partial charge in [-0.25, -0.2) is 18.4 Å². The second kappa shape index (κ2) is 7.14. The van der Waals surface area contributed by atoms with E-state index in [0.717, 1.165) is 11.1 Å². The molecule has 142 valence electrons. The summed E-state index contributed by atoms with van der Waals surface area (Å²) in [6.45, 7) is 0.390. The van der Waals surface area contributed by atoms with Crippen LogP contribution >= 0.6 is 0 Å². The highest BCUT2D eigenvalue weighted by atomic mass is 32.2. The fourth-order valence-electron chi connectivity index (χ4n) is 3.29. The number of aromatic nitrogens is 2. The lowest BCUT2D eigenvalue weighted by Crippen LogP contribution is -2.37. The minimum Gasteiger partial charge on any atom is -0.363 e. The predicted molar refractivity (Wildman–Crippen MR) is 104 cm³/mol. The first kappa shape index (κ1) is 18.3. The van der Waals surface area contributed by atoms with Crippen LogP contribution in [-0.2, 0) is 23.0 Å². The molecule has 2 N–H and O–H groups in total. The first-order valence-corrected chi connectivity index (χ1v) is 10.2. The molecule has 3 aromatic rings. The molecule has 1 aliphatic rings. The Morgan fingerprint density at radius 1 is 1.04 bits per heavy atom. The summed E-state index contributed by atoms with van der Waals surface area (Å²) in [5.41, 5.74) is 8.06. The minimum atomic E-state index is -3.76. The molecule has 7 nitrogen and oxygen atoms in total. The number of nitrogens with zero attached hydrogens (tertiary/aromatic N) is 3. The quantitative estimate of drug-likeness (QED) is 0.728. The predicted octanol–water partition coefficient (Wildman–Crippen LogP) is 1.99. The lowest BCUT2D eigenvalue weighted by Gasteiger charge is -2.28. The van der Waals surface area contributed by atoms with Crippen molar-refractivity contribution in [3.05, 3.63) is 77.9 Å². The van der Waals surface area contributed by atoms with E-state index < -0.39 is 15.9 Å². The van der Waals surface area contributed by atoms with Crippen LogP contribution < -0.4 is 5.73 Å². The number of carbonyl (C=O) groups is 1. The molecule has 1 amide bonds. The van der Waals surface area contributed by atoms with Crippen molar-refractivity contribution >= 4 is 15.9 Å². The molecule has 0 fully saturated rings. The molecule has 2 heterocycles. The van der Waals surface area contributed by atoms with E-state index in [9.17, 15) is 13.2 Å². The largest absolute Gasteiger partial charge is 0.363 e. The summed E-state index contributed by atoms with van der Waals surface area (Å²) < 4.78 is 28.2. The van der Waals surface area contributed by atoms with Gasteiger partial charge in [0.25, 0.3) is 5.91 Å². The third-order valence-corrected chi connectivity index (χ3v) is 6.62. The zero-order valence-electron chi connectivity index (χ0n) is 14.9. The summed E-state index contributed by atoms with van der Waals surface area (Å²) in [6, 6.07) is 16.3. The summed E-state index contributed by atoms with van der Waals surface area (Å²) >= 11 is 0. The van der Waals surface area contributed by atoms with E-state index in [2.05, 4.69) is 9.97 Å². The van der Waals surface area contributed by atoms with Crippen LogP contribution in [0.25, 0.3) is 11.1 Å². The smallest absolute Gasteiger partial charge is 0.286 e. The summed E-state index contributed by atoms with van der Waals surface area (Å²) in [4.78, 5) is 19.7. The molecule has 8 heteroatoms. The summed E-state index contributed by atoms with van der Waals surface area (Å²) in [5.74, 6) is -0.847. The normalized spacial score (nSPS) is 14.4. The number of nitrogens with two attached hydrogens (primary N) is 1. The van der Waals surface area contributed by atoms with Crippen LogP contribution in [0.5, 0.6) is 0 Å². The number of carbonyl (C=O) groups excluding carboxylic acids is 1. The Labute approximate surface area is 162 Å². The van der Waals surface area contributed by atoms with Crippen molar-refractivity contribution < 1.29 is 13.2 Å². The number of hydrogen-bond acceptors (Lipinski definition) is 5. The molecular weight excluding hydrogens is 376 g/mol. The first-order chi connectivity index (χ1) is 13.5. The van der Waals surface area contributed by atoms with E-state index in [0.29, 0.717) is 24.2 Å². The minimum absolute atomic E-state index is 0.0730. The SMILES string of the molecule is NC(=O)c1ncc2c(n1)CN(S(=O)(=O)c1ccccc1-c1ccccc1)CC2. The van der Waals surface area contributed by atoms with Crippen LogP contribution in [0.15, 0.2) is 65.7 Å². The average molecular weight is 394 g/mol. The van der Waals surface area contributed by atoms with Gasteiger partial charge in [0.05, 0.1) is 17.1 Å². The lowest BCUT2D eigenvalue weighted by atomic mass is 10.1. The van der Waals surface area contributed by atoms with E-state index in [1.807, 2.05) is 36.4 Å². The van der Waals surface area contributed by atoms with Crippen molar-refractivity contribution in [3.8, 4) is 11.1 Å². The zero-order valence-corrected chi connectivity index (χ0v) is 15.8. The number of benzene rings is 2. The third-order valence-electron chi connectivity index (χ3n) is 4.72. The molecule has 0 saturated carbocycles. The van der Waals surface area contributed by atoms with Crippen LogP contribution in [0.1, 0.15) is 21.9 Å². The molecule has 0 spiro atoms. The van der Waals surface area contributed by atoms with Crippen molar-refractivity contribution in [2.45, 2.75) is 17.9 Å². The van der Waals surface area contributed by atoms with Crippen molar-refractivity contribution in [3.63, 3.8) is 0 Å². The summed E-state index contributed by atoms with van der Waals surface area (Å²) in [5, 5.41) is 0. The highest BCUT2D eigenvalue weighted by molar-refractivity contribution is 7.89. The van der Waals surface area contributed by atoms with E-state index in [1.165, 1.54) is 4.31 Å². The van der Waals surface area contributed by atoms with Crippen LogP contribution in [0, 0.1) is 0 Å². The Morgan fingerprint density at radius 2 is 1.75 bits per heavy atom. The van der Waals surface area contributed by atoms with Crippen molar-refractivity contribution in [1.82, 2.24) is 14.3 Å². The van der Waals surface area contributed by atoms with E-state index >= 15 is 0 Å². The maximum atomic E-state index is 13.4. The lowest BCUT2D eigenvalue weighted by molar-refractivity contribution is 0.0990. The van der Waals surface area contributed by atoms with Gasteiger partial charge in [-0.1, -0.05) is 48.5 Å². The standard InChI is InChI=1S/C20H18N4O3S/c21-19(25)20-22-12-15-10-11-24(13-17(15)23-20)28(26,27)18-9-5-4-8-16(18)14-6-2-1-3-7-14/h1-9,12H,10-11,13H2,(H2,21,25). The fraction of sp³-hybridized carbons (Fsp3) is 0.150. The molecule has 1 aromatic heterocycles. The molecule has 28 heavy (non-hydrogen) atoms. The molecule has 0 bridgehead atoms. The van der Waals surface area contributed by atoms with Gasteiger partial charge in [-0.2, -0.15) is 4.31 Å². The van der Waals surface area contributed by atoms with Crippen molar-refractivity contribution in [1.29, 1.82) is 0 Å². The molecule has 0 saturated heterocycles. The average Bonchev–Trinajstić information content (AvgIpc) is 2.73. The van der Waals surface area contributed by atoms with E-state index in [-0.39, 0.29) is 17.3 Å². The second-order valence-corrected chi connectivity index (χ2v) is 8.39. The number of rotatable bonds is 4. The Balaban J connectivity index is 1.73. The Kier molecular flexibility index (Phi) is 4.66. The highest BCUT2D eigenvalue weighted by Gasteiger charge is 2.31. The van der Waals surface area contributed by atoms with Gasteiger partial charge >= 0.3 is 0 Å². The van der Waals surface area contributed by atoms with Gasteiger partial charge in [0.15, 0.2) is 0 Å². The number of primary amides is 1. The number of hydrogen-bond donors (Lipinski definition) is 1. The number of sulfonamides is 1. The monoisotopic (exact) mass is 394 g/mol. The zero-order chi connectivity index (χ0) is 19.7. The molecule has 4 rings (SSSR count). The van der Waals surface area contributed by atoms with Crippen LogP contribution in [0.4, 0.5) is 0 Å². The molecular formula is C20H18N4O3S. The van der Waals surface area contributed by atoms with Gasteiger partial charge in [0.1, 0.15) is 0 Å². The van der Waals surface area contributed by atoms with Gasteiger partial charge in [0.2, 0.25) is 15.8 Å². The molecule has 0 radical (unpaired) electrons. The van der Waals surface area contributed by atoms with Gasteiger partial charge in [-0.3, -0.25) is 4.79 Å². The molecule has 0 atom stereocenters. The summed E-state index contributed by atoms with van der Waals surface area (Å²) in [7, 11) is -3.76. The molecule has 2 aromatic carbocycles. The molecule has 1 aliphatic heterocycles. The third kappa shape index (κ3) is 3.28. The first-order valence-electron chi connectivity index (χ1n) is 8.76. The maximum absolute atomic E-state index is 13.4. The van der Waals surface area contributed by atoms with Crippen LogP contribution in [-0.4, -0.2) is 35.1 Å². The number of fused-ring (bicyclic) bond motifs is 1. The fourth-order valence-corrected chi connectivity index (χ4v) is 4.91. The Hall–Kier alpha value is -3.10.